The molecule has 0 aliphatic rings. The van der Waals surface area contributed by atoms with Crippen molar-refractivity contribution in [1.82, 2.24) is 9.97 Å². The van der Waals surface area contributed by atoms with Gasteiger partial charge in [0.25, 0.3) is 5.91 Å². The van der Waals surface area contributed by atoms with Crippen molar-refractivity contribution in [3.05, 3.63) is 65.4 Å². The molecule has 1 N–H and O–H groups in total. The molecule has 1 aromatic carbocycles. The topological polar surface area (TPSA) is 81.2 Å². The summed E-state index contributed by atoms with van der Waals surface area (Å²) < 4.78 is 4.63. The van der Waals surface area contributed by atoms with E-state index in [1.54, 1.807) is 42.0 Å². The lowest BCUT2D eigenvalue weighted by Gasteiger charge is -2.04. The van der Waals surface area contributed by atoms with E-state index in [0.717, 1.165) is 10.6 Å². The first-order valence-electron chi connectivity index (χ1n) is 7.03. The quantitative estimate of drug-likeness (QED) is 0.738. The van der Waals surface area contributed by atoms with Crippen LogP contribution in [0, 0.1) is 0 Å². The third-order valence-corrected chi connectivity index (χ3v) is 4.12. The Morgan fingerprint density at radius 1 is 1.08 bits per heavy atom. The number of methoxy groups -OCH3 is 1. The van der Waals surface area contributed by atoms with Gasteiger partial charge in [0.1, 0.15) is 10.7 Å². The van der Waals surface area contributed by atoms with Crippen molar-refractivity contribution in [3.8, 4) is 10.6 Å². The van der Waals surface area contributed by atoms with Gasteiger partial charge in [-0.3, -0.25) is 9.78 Å². The number of nitrogens with one attached hydrogen (secondary N) is 1. The summed E-state index contributed by atoms with van der Waals surface area (Å²) in [4.78, 5) is 31.9. The maximum atomic E-state index is 12.3. The summed E-state index contributed by atoms with van der Waals surface area (Å²) in [5.74, 6) is -0.730. The van der Waals surface area contributed by atoms with Gasteiger partial charge in [0.2, 0.25) is 0 Å². The molecule has 0 fully saturated rings. The van der Waals surface area contributed by atoms with Crippen LogP contribution in [0.15, 0.2) is 54.2 Å². The lowest BCUT2D eigenvalue weighted by Crippen LogP contribution is -2.12. The molecule has 1 amide bonds. The second-order valence-corrected chi connectivity index (χ2v) is 5.65. The number of ether oxygens (including phenoxy) is 1. The number of amides is 1. The largest absolute Gasteiger partial charge is 0.465 e. The number of rotatable bonds is 4. The van der Waals surface area contributed by atoms with E-state index < -0.39 is 5.97 Å². The molecule has 120 valence electrons. The first-order valence-corrected chi connectivity index (χ1v) is 7.91. The van der Waals surface area contributed by atoms with Crippen LogP contribution in [0.5, 0.6) is 0 Å². The zero-order valence-corrected chi connectivity index (χ0v) is 13.5. The van der Waals surface area contributed by atoms with Gasteiger partial charge < -0.3 is 10.1 Å². The van der Waals surface area contributed by atoms with Crippen LogP contribution in [0.1, 0.15) is 20.8 Å². The van der Waals surface area contributed by atoms with Crippen molar-refractivity contribution in [2.24, 2.45) is 0 Å². The summed E-state index contributed by atoms with van der Waals surface area (Å²) in [6.45, 7) is 0. The Morgan fingerprint density at radius 3 is 2.46 bits per heavy atom. The van der Waals surface area contributed by atoms with Crippen LogP contribution >= 0.6 is 11.3 Å². The number of pyridine rings is 1. The van der Waals surface area contributed by atoms with Crippen molar-refractivity contribution in [2.75, 3.05) is 12.4 Å². The summed E-state index contributed by atoms with van der Waals surface area (Å²) in [6, 6.07) is 10.1. The molecule has 0 bridgehead atoms. The molecule has 7 heteroatoms. The number of hydrogen-bond donors (Lipinski definition) is 1. The summed E-state index contributed by atoms with van der Waals surface area (Å²) in [7, 11) is 1.32. The van der Waals surface area contributed by atoms with Gasteiger partial charge in [-0.2, -0.15) is 0 Å². The Kier molecular flexibility index (Phi) is 4.62. The first-order chi connectivity index (χ1) is 11.7. The Morgan fingerprint density at radius 2 is 1.79 bits per heavy atom. The number of benzene rings is 1. The van der Waals surface area contributed by atoms with Gasteiger partial charge in [-0.1, -0.05) is 0 Å². The van der Waals surface area contributed by atoms with Crippen molar-refractivity contribution >= 4 is 28.9 Å². The van der Waals surface area contributed by atoms with Gasteiger partial charge in [-0.15, -0.1) is 11.3 Å². The average molecular weight is 339 g/mol. The molecular formula is C17H13N3O3S. The third-order valence-electron chi connectivity index (χ3n) is 3.23. The smallest absolute Gasteiger partial charge is 0.337 e. The molecule has 0 atom stereocenters. The van der Waals surface area contributed by atoms with Crippen molar-refractivity contribution < 1.29 is 14.3 Å². The number of carbonyl (C=O) groups excluding carboxylic acids is 2. The fraction of sp³-hybridized carbons (Fsp3) is 0.0588. The van der Waals surface area contributed by atoms with Gasteiger partial charge >= 0.3 is 5.97 Å². The summed E-state index contributed by atoms with van der Waals surface area (Å²) >= 11 is 1.39. The molecule has 0 radical (unpaired) electrons. The lowest BCUT2D eigenvalue weighted by molar-refractivity contribution is 0.0600. The molecule has 0 saturated carbocycles. The summed E-state index contributed by atoms with van der Waals surface area (Å²) in [6.07, 6.45) is 3.36. The maximum absolute atomic E-state index is 12.3. The molecule has 2 aromatic heterocycles. The van der Waals surface area contributed by atoms with E-state index in [4.69, 9.17) is 0 Å². The van der Waals surface area contributed by atoms with Crippen LogP contribution in [0.4, 0.5) is 5.69 Å². The number of hydrogen-bond acceptors (Lipinski definition) is 6. The monoisotopic (exact) mass is 339 g/mol. The van der Waals surface area contributed by atoms with Gasteiger partial charge in [0, 0.05) is 29.0 Å². The number of nitrogens with zero attached hydrogens (tertiary/aromatic N) is 2. The fourth-order valence-electron chi connectivity index (χ4n) is 2.01. The normalized spacial score (nSPS) is 10.2. The second kappa shape index (κ2) is 7.01. The maximum Gasteiger partial charge on any atom is 0.337 e. The fourth-order valence-corrected chi connectivity index (χ4v) is 2.81. The molecule has 0 unspecified atom stereocenters. The molecule has 0 saturated heterocycles. The molecule has 0 spiro atoms. The van der Waals surface area contributed by atoms with Gasteiger partial charge in [-0.25, -0.2) is 9.78 Å². The first kappa shape index (κ1) is 15.8. The average Bonchev–Trinajstić information content (AvgIpc) is 3.13. The van der Waals surface area contributed by atoms with E-state index in [1.165, 1.54) is 18.4 Å². The number of esters is 1. The highest BCUT2D eigenvalue weighted by molar-refractivity contribution is 7.13. The minimum atomic E-state index is -0.422. The summed E-state index contributed by atoms with van der Waals surface area (Å²) in [5, 5.41) is 5.20. The Hall–Kier alpha value is -3.06. The number of aromatic nitrogens is 2. The minimum absolute atomic E-state index is 0.308. The Bertz CT molecular complexity index is 860. The van der Waals surface area contributed by atoms with Gasteiger partial charge in [0.05, 0.1) is 12.7 Å². The van der Waals surface area contributed by atoms with E-state index in [2.05, 4.69) is 20.0 Å². The molecule has 0 aliphatic carbocycles. The second-order valence-electron chi connectivity index (χ2n) is 4.80. The SMILES string of the molecule is COC(=O)c1ccc(NC(=O)c2csc(-c3ccncc3)n2)cc1. The Balaban J connectivity index is 1.71. The molecule has 24 heavy (non-hydrogen) atoms. The van der Waals surface area contributed by atoms with E-state index >= 15 is 0 Å². The van der Waals surface area contributed by atoms with Gasteiger partial charge in [0.15, 0.2) is 0 Å². The standard InChI is InChI=1S/C17H13N3O3S/c1-23-17(22)12-2-4-13(5-3-12)19-15(21)14-10-24-16(20-14)11-6-8-18-9-7-11/h2-10H,1H3,(H,19,21). The molecule has 2 heterocycles. The van der Waals surface area contributed by atoms with E-state index in [9.17, 15) is 9.59 Å². The van der Waals surface area contributed by atoms with Gasteiger partial charge in [-0.05, 0) is 36.4 Å². The highest BCUT2D eigenvalue weighted by Gasteiger charge is 2.12. The van der Waals surface area contributed by atoms with Crippen LogP contribution in [0.3, 0.4) is 0 Å². The van der Waals surface area contributed by atoms with Crippen LogP contribution < -0.4 is 5.32 Å². The number of anilines is 1. The predicted molar refractivity (Wildman–Crippen MR) is 91.1 cm³/mol. The zero-order chi connectivity index (χ0) is 16.9. The zero-order valence-electron chi connectivity index (χ0n) is 12.7. The van der Waals surface area contributed by atoms with E-state index in [1.807, 2.05) is 12.1 Å². The number of carbonyl (C=O) groups is 2. The molecule has 3 rings (SSSR count). The van der Waals surface area contributed by atoms with Crippen LogP contribution in [0.25, 0.3) is 10.6 Å². The van der Waals surface area contributed by atoms with Crippen molar-refractivity contribution in [2.45, 2.75) is 0 Å². The highest BCUT2D eigenvalue weighted by atomic mass is 32.1. The van der Waals surface area contributed by atoms with E-state index in [0.29, 0.717) is 16.9 Å². The molecule has 3 aromatic rings. The molecular weight excluding hydrogens is 326 g/mol. The molecule has 0 aliphatic heterocycles. The molecule has 6 nitrogen and oxygen atoms in total. The van der Waals surface area contributed by atoms with Crippen LogP contribution in [-0.2, 0) is 4.74 Å². The lowest BCUT2D eigenvalue weighted by atomic mass is 10.2. The van der Waals surface area contributed by atoms with Crippen molar-refractivity contribution in [3.63, 3.8) is 0 Å². The Labute approximate surface area is 142 Å². The number of thiazole rings is 1. The van der Waals surface area contributed by atoms with Crippen molar-refractivity contribution in [1.29, 1.82) is 0 Å². The minimum Gasteiger partial charge on any atom is -0.465 e. The third kappa shape index (κ3) is 3.47. The van der Waals surface area contributed by atoms with Crippen LogP contribution in [0.2, 0.25) is 0 Å². The van der Waals surface area contributed by atoms with E-state index in [-0.39, 0.29) is 5.91 Å². The predicted octanol–water partition coefficient (Wildman–Crippen LogP) is 3.24. The highest BCUT2D eigenvalue weighted by Crippen LogP contribution is 2.23. The van der Waals surface area contributed by atoms with Crippen LogP contribution in [-0.4, -0.2) is 29.0 Å². The summed E-state index contributed by atoms with van der Waals surface area (Å²) in [5.41, 5.74) is 2.25.